The highest BCUT2D eigenvalue weighted by Crippen LogP contribution is 2.30. The van der Waals surface area contributed by atoms with E-state index in [1.165, 1.54) is 5.56 Å². The molecule has 7 nitrogen and oxygen atoms in total. The molecule has 0 fully saturated rings. The minimum Gasteiger partial charge on any atom is -0.493 e. The molecule has 2 N–H and O–H groups in total. The minimum absolute atomic E-state index is 0.0611. The Kier molecular flexibility index (Phi) is 6.97. The smallest absolute Gasteiger partial charge is 0.279 e. The Morgan fingerprint density at radius 1 is 1.06 bits per heavy atom. The summed E-state index contributed by atoms with van der Waals surface area (Å²) in [5.41, 5.74) is 5.61. The first-order chi connectivity index (χ1) is 14.8. The number of ether oxygens (including phenoxy) is 2. The first kappa shape index (κ1) is 22.4. The number of aromatic nitrogens is 2. The number of rotatable bonds is 8. The highest BCUT2D eigenvalue weighted by molar-refractivity contribution is 5.92. The lowest BCUT2D eigenvalue weighted by Gasteiger charge is -2.17. The van der Waals surface area contributed by atoms with Crippen molar-refractivity contribution in [2.24, 2.45) is 0 Å². The number of methoxy groups -OCH3 is 2. The van der Waals surface area contributed by atoms with Crippen LogP contribution in [0, 0.1) is 20.8 Å². The van der Waals surface area contributed by atoms with Crippen LogP contribution in [0.2, 0.25) is 0 Å². The highest BCUT2D eigenvalue weighted by Gasteiger charge is 2.19. The van der Waals surface area contributed by atoms with Gasteiger partial charge in [0.1, 0.15) is 6.54 Å². The number of quaternary nitrogens is 1. The second kappa shape index (κ2) is 9.66. The largest absolute Gasteiger partial charge is 0.493 e. The molecule has 0 saturated heterocycles. The van der Waals surface area contributed by atoms with Gasteiger partial charge in [0, 0.05) is 0 Å². The molecule has 1 atom stereocenters. The average Bonchev–Trinajstić information content (AvgIpc) is 3.02. The number of likely N-dealkylation sites (N-methyl/N-ethyl adjacent to an activating group) is 1. The van der Waals surface area contributed by atoms with Crippen molar-refractivity contribution in [1.29, 1.82) is 0 Å². The summed E-state index contributed by atoms with van der Waals surface area (Å²) in [6.45, 7) is 6.87. The molecule has 164 valence electrons. The lowest BCUT2D eigenvalue weighted by atomic mass is 10.1. The fourth-order valence-corrected chi connectivity index (χ4v) is 3.70. The maximum absolute atomic E-state index is 12.8. The number of carbonyl (C=O) groups is 1. The fourth-order valence-electron chi connectivity index (χ4n) is 3.70. The summed E-state index contributed by atoms with van der Waals surface area (Å²) in [5, 5.41) is 7.67. The summed E-state index contributed by atoms with van der Waals surface area (Å²) in [4.78, 5) is 13.8. The van der Waals surface area contributed by atoms with Crippen LogP contribution >= 0.6 is 0 Å². The molecule has 3 rings (SSSR count). The van der Waals surface area contributed by atoms with E-state index in [1.807, 2.05) is 55.9 Å². The Morgan fingerprint density at radius 2 is 1.77 bits per heavy atom. The van der Waals surface area contributed by atoms with Crippen LogP contribution in [0.25, 0.3) is 5.69 Å². The van der Waals surface area contributed by atoms with Crippen LogP contribution < -0.4 is 19.7 Å². The van der Waals surface area contributed by atoms with E-state index in [9.17, 15) is 4.79 Å². The van der Waals surface area contributed by atoms with Crippen molar-refractivity contribution in [1.82, 2.24) is 9.78 Å². The predicted molar refractivity (Wildman–Crippen MR) is 121 cm³/mol. The molecule has 0 aliphatic rings. The van der Waals surface area contributed by atoms with Crippen molar-refractivity contribution in [3.63, 3.8) is 0 Å². The van der Waals surface area contributed by atoms with E-state index in [1.54, 1.807) is 14.2 Å². The quantitative estimate of drug-likeness (QED) is 0.584. The Balaban J connectivity index is 1.69. The molecule has 0 radical (unpaired) electrons. The molecular formula is C24H31N4O3+. The zero-order valence-electron chi connectivity index (χ0n) is 19.1. The lowest BCUT2D eigenvalue weighted by molar-refractivity contribution is -0.885. The van der Waals surface area contributed by atoms with Crippen LogP contribution in [0.3, 0.4) is 0 Å². The SMILES string of the molecule is COc1cccc(C[NH+](C)CC(=O)Nc2c(C)nn(-c3ccc(C)cc3)c2C)c1OC. The second-order valence-corrected chi connectivity index (χ2v) is 7.80. The summed E-state index contributed by atoms with van der Waals surface area (Å²) in [7, 11) is 5.22. The fraction of sp³-hybridized carbons (Fsp3) is 0.333. The molecule has 0 saturated carbocycles. The number of nitrogens with one attached hydrogen (secondary N) is 2. The number of hydrogen-bond acceptors (Lipinski definition) is 4. The van der Waals surface area contributed by atoms with Gasteiger partial charge < -0.3 is 19.7 Å². The molecule has 0 aliphatic heterocycles. The van der Waals surface area contributed by atoms with Crippen molar-refractivity contribution < 1.29 is 19.2 Å². The molecule has 2 aromatic carbocycles. The summed E-state index contributed by atoms with van der Waals surface area (Å²) >= 11 is 0. The lowest BCUT2D eigenvalue weighted by Crippen LogP contribution is -3.08. The number of para-hydroxylation sites is 1. The number of carbonyl (C=O) groups excluding carboxylic acids is 1. The van der Waals surface area contributed by atoms with Gasteiger partial charge in [-0.15, -0.1) is 0 Å². The van der Waals surface area contributed by atoms with Gasteiger partial charge in [0.15, 0.2) is 18.0 Å². The monoisotopic (exact) mass is 423 g/mol. The Bertz CT molecular complexity index is 1060. The summed E-state index contributed by atoms with van der Waals surface area (Å²) in [6.07, 6.45) is 0. The first-order valence-electron chi connectivity index (χ1n) is 10.3. The normalized spacial score (nSPS) is 11.8. The Morgan fingerprint density at radius 3 is 2.42 bits per heavy atom. The third-order valence-electron chi connectivity index (χ3n) is 5.27. The summed E-state index contributed by atoms with van der Waals surface area (Å²) < 4.78 is 12.7. The highest BCUT2D eigenvalue weighted by atomic mass is 16.5. The van der Waals surface area contributed by atoms with E-state index in [0.717, 1.165) is 33.2 Å². The van der Waals surface area contributed by atoms with Crippen molar-refractivity contribution in [2.75, 3.05) is 33.1 Å². The van der Waals surface area contributed by atoms with Crippen LogP contribution in [0.1, 0.15) is 22.5 Å². The van der Waals surface area contributed by atoms with Crippen molar-refractivity contribution in [3.05, 3.63) is 65.0 Å². The van der Waals surface area contributed by atoms with Crippen LogP contribution in [-0.4, -0.2) is 43.5 Å². The van der Waals surface area contributed by atoms with Gasteiger partial charge >= 0.3 is 0 Å². The third-order valence-corrected chi connectivity index (χ3v) is 5.27. The van der Waals surface area contributed by atoms with Gasteiger partial charge in [-0.2, -0.15) is 5.10 Å². The van der Waals surface area contributed by atoms with Crippen molar-refractivity contribution >= 4 is 11.6 Å². The van der Waals surface area contributed by atoms with Gasteiger partial charge in [0.25, 0.3) is 5.91 Å². The molecule has 1 heterocycles. The van der Waals surface area contributed by atoms with Gasteiger partial charge in [0.05, 0.1) is 49.6 Å². The predicted octanol–water partition coefficient (Wildman–Crippen LogP) is 2.47. The van der Waals surface area contributed by atoms with Gasteiger partial charge in [-0.25, -0.2) is 4.68 Å². The maximum atomic E-state index is 12.8. The minimum atomic E-state index is -0.0611. The Hall–Kier alpha value is -3.32. The number of nitrogens with zero attached hydrogens (tertiary/aromatic N) is 2. The zero-order chi connectivity index (χ0) is 22.5. The van der Waals surface area contributed by atoms with E-state index < -0.39 is 0 Å². The molecule has 1 aromatic heterocycles. The van der Waals surface area contributed by atoms with E-state index in [2.05, 4.69) is 29.5 Å². The number of hydrogen-bond donors (Lipinski definition) is 2. The molecule has 0 spiro atoms. The van der Waals surface area contributed by atoms with E-state index >= 15 is 0 Å². The first-order valence-corrected chi connectivity index (χ1v) is 10.3. The number of amides is 1. The Labute approximate surface area is 183 Å². The van der Waals surface area contributed by atoms with Gasteiger partial charge in [-0.3, -0.25) is 4.79 Å². The number of aryl methyl sites for hydroxylation is 2. The average molecular weight is 424 g/mol. The van der Waals surface area contributed by atoms with Gasteiger partial charge in [-0.05, 0) is 45.0 Å². The molecule has 0 bridgehead atoms. The zero-order valence-corrected chi connectivity index (χ0v) is 19.1. The maximum Gasteiger partial charge on any atom is 0.279 e. The molecule has 0 aliphatic carbocycles. The third kappa shape index (κ3) is 5.06. The van der Waals surface area contributed by atoms with Gasteiger partial charge in [-0.1, -0.05) is 23.8 Å². The number of benzene rings is 2. The van der Waals surface area contributed by atoms with Gasteiger partial charge in [0.2, 0.25) is 0 Å². The van der Waals surface area contributed by atoms with Crippen molar-refractivity contribution in [2.45, 2.75) is 27.3 Å². The molecule has 3 aromatic rings. The molecule has 1 amide bonds. The number of anilines is 1. The molecule has 7 heteroatoms. The van der Waals surface area contributed by atoms with Crippen LogP contribution in [-0.2, 0) is 11.3 Å². The van der Waals surface area contributed by atoms with Crippen LogP contribution in [0.4, 0.5) is 5.69 Å². The summed E-state index contributed by atoms with van der Waals surface area (Å²) in [6, 6.07) is 13.9. The van der Waals surface area contributed by atoms with E-state index in [-0.39, 0.29) is 5.91 Å². The van der Waals surface area contributed by atoms with Crippen molar-refractivity contribution in [3.8, 4) is 17.2 Å². The van der Waals surface area contributed by atoms with E-state index in [4.69, 9.17) is 9.47 Å². The van der Waals surface area contributed by atoms with Crippen LogP contribution in [0.15, 0.2) is 42.5 Å². The van der Waals surface area contributed by atoms with Crippen LogP contribution in [0.5, 0.6) is 11.5 Å². The summed E-state index contributed by atoms with van der Waals surface area (Å²) in [5.74, 6) is 1.33. The molecule has 1 unspecified atom stereocenters. The topological polar surface area (TPSA) is 69.8 Å². The molecule has 31 heavy (non-hydrogen) atoms. The second-order valence-electron chi connectivity index (χ2n) is 7.80. The molecular weight excluding hydrogens is 392 g/mol. The standard InChI is InChI=1S/C24H30N4O3/c1-16-10-12-20(13-11-16)28-18(3)23(17(2)26-28)25-22(29)15-27(4)14-19-8-7-9-21(30-5)24(19)31-6/h7-13H,14-15H2,1-6H3,(H,25,29)/p+1. The van der Waals surface area contributed by atoms with E-state index in [0.29, 0.717) is 24.6 Å².